The van der Waals surface area contributed by atoms with Crippen molar-refractivity contribution >= 4 is 44.9 Å². The highest BCUT2D eigenvalue weighted by atomic mass is 35.5. The fourth-order valence-electron chi connectivity index (χ4n) is 0.827. The van der Waals surface area contributed by atoms with E-state index in [9.17, 15) is 8.42 Å². The minimum absolute atomic E-state index is 0.314. The second-order valence-corrected chi connectivity index (χ2v) is 4.75. The lowest BCUT2D eigenvalue weighted by atomic mass is 10.3. The molecule has 1 rings (SSSR count). The summed E-state index contributed by atoms with van der Waals surface area (Å²) in [6.45, 7) is 0. The summed E-state index contributed by atoms with van der Waals surface area (Å²) in [4.78, 5) is 2.51. The highest BCUT2D eigenvalue weighted by Crippen LogP contribution is 2.33. The molecule has 9 heteroatoms. The Hall–Kier alpha value is -0.580. The van der Waals surface area contributed by atoms with Crippen LogP contribution in [0.15, 0.2) is 4.90 Å². The van der Waals surface area contributed by atoms with Crippen molar-refractivity contribution in [2.24, 2.45) is 0 Å². The highest BCUT2D eigenvalue weighted by molar-refractivity contribution is 7.86. The molecule has 1 aromatic rings. The molecule has 80 valence electrons. The van der Waals surface area contributed by atoms with Gasteiger partial charge in [0.05, 0.1) is 10.6 Å². The Kier molecular flexibility index (Phi) is 3.43. The van der Waals surface area contributed by atoms with Crippen LogP contribution in [0.2, 0.25) is 15.3 Å². The summed E-state index contributed by atoms with van der Waals surface area (Å²) in [7, 11) is -4.68. The number of pyridine rings is 1. The molecule has 0 aliphatic rings. The summed E-state index contributed by atoms with van der Waals surface area (Å²) in [6, 6.07) is 1.47. The Morgan fingerprint density at radius 3 is 2.20 bits per heavy atom. The van der Waals surface area contributed by atoms with Gasteiger partial charge in [0.25, 0.3) is 10.1 Å². The molecule has 0 unspecified atom stereocenters. The molecule has 0 spiro atoms. The van der Waals surface area contributed by atoms with Gasteiger partial charge in [-0.15, -0.1) is 0 Å². The Labute approximate surface area is 99.9 Å². The van der Waals surface area contributed by atoms with E-state index in [2.05, 4.69) is 4.98 Å². The van der Waals surface area contributed by atoms with E-state index in [4.69, 9.17) is 44.6 Å². The number of rotatable bonds is 1. The zero-order valence-electron chi connectivity index (χ0n) is 6.70. The van der Waals surface area contributed by atoms with Crippen molar-refractivity contribution in [3.05, 3.63) is 20.9 Å². The van der Waals surface area contributed by atoms with Gasteiger partial charge in [-0.2, -0.15) is 13.7 Å². The van der Waals surface area contributed by atoms with E-state index < -0.39 is 25.7 Å². The Morgan fingerprint density at radius 2 is 1.80 bits per heavy atom. The zero-order valence-corrected chi connectivity index (χ0v) is 9.78. The van der Waals surface area contributed by atoms with Crippen LogP contribution in [0, 0.1) is 11.3 Å². The summed E-state index contributed by atoms with van der Waals surface area (Å²) >= 11 is 16.4. The lowest BCUT2D eigenvalue weighted by Gasteiger charge is -2.05. The largest absolute Gasteiger partial charge is 0.298 e. The molecule has 0 saturated carbocycles. The van der Waals surface area contributed by atoms with Gasteiger partial charge < -0.3 is 0 Å². The molecule has 0 atom stereocenters. The predicted octanol–water partition coefficient (Wildman–Crippen LogP) is 2.16. The molecule has 5 nitrogen and oxygen atoms in total. The fraction of sp³-hybridized carbons (Fsp3) is 0. The van der Waals surface area contributed by atoms with Crippen molar-refractivity contribution in [1.29, 1.82) is 5.26 Å². The summed E-state index contributed by atoms with van der Waals surface area (Å²) in [5.74, 6) is 0. The topological polar surface area (TPSA) is 91.0 Å². The van der Waals surface area contributed by atoms with Crippen LogP contribution < -0.4 is 0 Å². The lowest BCUT2D eigenvalue weighted by molar-refractivity contribution is 0.482. The number of hydrogen-bond donors (Lipinski definition) is 1. The van der Waals surface area contributed by atoms with Crippen LogP contribution in [0.4, 0.5) is 0 Å². The van der Waals surface area contributed by atoms with E-state index in [-0.39, 0.29) is 10.2 Å². The van der Waals surface area contributed by atoms with E-state index in [1.807, 2.05) is 0 Å². The minimum atomic E-state index is -4.68. The summed E-state index contributed by atoms with van der Waals surface area (Å²) in [5, 5.41) is 7.36. The van der Waals surface area contributed by atoms with Crippen LogP contribution in [0.1, 0.15) is 5.56 Å². The van der Waals surface area contributed by atoms with Crippen molar-refractivity contribution in [1.82, 2.24) is 4.98 Å². The number of hydrogen-bond acceptors (Lipinski definition) is 4. The van der Waals surface area contributed by atoms with Crippen molar-refractivity contribution in [3.8, 4) is 6.07 Å². The van der Waals surface area contributed by atoms with E-state index in [1.165, 1.54) is 6.07 Å². The monoisotopic (exact) mass is 286 g/mol. The molecule has 0 aromatic carbocycles. The standard InChI is InChI=1S/C6HCl3N2O3S/c7-3-2(1-10)4(15(12,13)14)6(9)11-5(3)8/h(H,12,13,14). The zero-order chi connectivity index (χ0) is 11.8. The Morgan fingerprint density at radius 1 is 1.27 bits per heavy atom. The molecule has 0 fully saturated rings. The van der Waals surface area contributed by atoms with Crippen LogP contribution in [0.25, 0.3) is 0 Å². The molecule has 1 heterocycles. The van der Waals surface area contributed by atoms with E-state index >= 15 is 0 Å². The van der Waals surface area contributed by atoms with E-state index in [0.29, 0.717) is 0 Å². The molecular formula is C6HCl3N2O3S. The number of halogens is 3. The van der Waals surface area contributed by atoms with Crippen molar-refractivity contribution in [2.45, 2.75) is 4.90 Å². The third-order valence-corrected chi connectivity index (χ3v) is 3.42. The number of nitrogens with zero attached hydrogens (tertiary/aromatic N) is 2. The third kappa shape index (κ3) is 2.33. The average molecular weight is 288 g/mol. The molecule has 1 aromatic heterocycles. The second-order valence-electron chi connectivity index (χ2n) is 2.30. The molecule has 0 bridgehead atoms. The molecule has 0 aliphatic carbocycles. The van der Waals surface area contributed by atoms with E-state index in [1.54, 1.807) is 0 Å². The first kappa shape index (κ1) is 12.5. The molecule has 15 heavy (non-hydrogen) atoms. The molecule has 0 amide bonds. The number of aromatic nitrogens is 1. The normalized spacial score (nSPS) is 11.1. The van der Waals surface area contributed by atoms with E-state index in [0.717, 1.165) is 0 Å². The van der Waals surface area contributed by atoms with Gasteiger partial charge in [-0.3, -0.25) is 4.55 Å². The van der Waals surface area contributed by atoms with Crippen LogP contribution in [-0.4, -0.2) is 18.0 Å². The van der Waals surface area contributed by atoms with Gasteiger partial charge in [0.15, 0.2) is 15.2 Å². The van der Waals surface area contributed by atoms with Crippen LogP contribution in [-0.2, 0) is 10.1 Å². The van der Waals surface area contributed by atoms with Crippen LogP contribution >= 0.6 is 34.8 Å². The average Bonchev–Trinajstić information content (AvgIpc) is 2.08. The van der Waals surface area contributed by atoms with Gasteiger partial charge in [0.2, 0.25) is 0 Å². The minimum Gasteiger partial charge on any atom is -0.282 e. The van der Waals surface area contributed by atoms with Gasteiger partial charge in [-0.05, 0) is 0 Å². The maximum absolute atomic E-state index is 10.9. The third-order valence-electron chi connectivity index (χ3n) is 1.38. The first-order valence-corrected chi connectivity index (χ1v) is 5.78. The van der Waals surface area contributed by atoms with Crippen molar-refractivity contribution in [3.63, 3.8) is 0 Å². The molecule has 1 N–H and O–H groups in total. The van der Waals surface area contributed by atoms with Crippen LogP contribution in [0.3, 0.4) is 0 Å². The Balaban J connectivity index is 3.83. The summed E-state index contributed by atoms with van der Waals surface area (Å²) in [5.41, 5.74) is -0.538. The predicted molar refractivity (Wildman–Crippen MR) is 53.8 cm³/mol. The second kappa shape index (κ2) is 4.12. The highest BCUT2D eigenvalue weighted by Gasteiger charge is 2.25. The van der Waals surface area contributed by atoms with Crippen LogP contribution in [0.5, 0.6) is 0 Å². The number of nitriles is 1. The van der Waals surface area contributed by atoms with Gasteiger partial charge >= 0.3 is 0 Å². The van der Waals surface area contributed by atoms with Gasteiger partial charge in [-0.25, -0.2) is 4.98 Å². The molecule has 0 saturated heterocycles. The lowest BCUT2D eigenvalue weighted by Crippen LogP contribution is -2.05. The Bertz CT molecular complexity index is 564. The maximum Gasteiger partial charge on any atom is 0.298 e. The smallest absolute Gasteiger partial charge is 0.282 e. The van der Waals surface area contributed by atoms with Crippen molar-refractivity contribution in [2.75, 3.05) is 0 Å². The first-order chi connectivity index (χ1) is 6.79. The molecular weight excluding hydrogens is 287 g/mol. The first-order valence-electron chi connectivity index (χ1n) is 3.21. The fourth-order valence-corrected chi connectivity index (χ4v) is 2.42. The SMILES string of the molecule is N#Cc1c(Cl)c(Cl)nc(Cl)c1S(=O)(=O)O. The van der Waals surface area contributed by atoms with Gasteiger partial charge in [-0.1, -0.05) is 34.8 Å². The summed E-state index contributed by atoms with van der Waals surface area (Å²) < 4.78 is 30.5. The van der Waals surface area contributed by atoms with Crippen molar-refractivity contribution < 1.29 is 13.0 Å². The van der Waals surface area contributed by atoms with Gasteiger partial charge in [0, 0.05) is 0 Å². The summed E-state index contributed by atoms with van der Waals surface area (Å²) in [6.07, 6.45) is 0. The maximum atomic E-state index is 10.9. The molecule has 0 radical (unpaired) electrons. The van der Waals surface area contributed by atoms with Gasteiger partial charge in [0.1, 0.15) is 6.07 Å². The molecule has 0 aliphatic heterocycles. The quantitative estimate of drug-likeness (QED) is 0.631.